The molecule has 0 aliphatic carbocycles. The van der Waals surface area contributed by atoms with Crippen molar-refractivity contribution in [2.24, 2.45) is 0 Å². The monoisotopic (exact) mass is 280 g/mol. The molecular formula is C12H19F3N2O2. The molecular weight excluding hydrogens is 261 g/mol. The minimum Gasteiger partial charge on any atom is -0.480 e. The van der Waals surface area contributed by atoms with Gasteiger partial charge in [-0.1, -0.05) is 6.42 Å². The molecule has 0 saturated carbocycles. The molecule has 0 aromatic rings. The molecule has 2 aliphatic rings. The van der Waals surface area contributed by atoms with Crippen LogP contribution in [0.1, 0.15) is 25.7 Å². The van der Waals surface area contributed by atoms with E-state index in [4.69, 9.17) is 5.11 Å². The highest BCUT2D eigenvalue weighted by Crippen LogP contribution is 2.32. The maximum absolute atomic E-state index is 12.6. The molecule has 0 bridgehead atoms. The number of carboxylic acid groups (broad SMARTS) is 1. The second-order valence-corrected chi connectivity index (χ2v) is 5.37. The van der Waals surface area contributed by atoms with E-state index in [9.17, 15) is 18.0 Å². The molecule has 0 aromatic heterocycles. The fourth-order valence-corrected chi connectivity index (χ4v) is 3.34. The number of aliphatic carboxylic acids is 1. The normalized spacial score (nSPS) is 28.6. The highest BCUT2D eigenvalue weighted by molar-refractivity contribution is 5.69. The lowest BCUT2D eigenvalue weighted by Gasteiger charge is -2.37. The van der Waals surface area contributed by atoms with Crippen molar-refractivity contribution in [2.45, 2.75) is 43.9 Å². The van der Waals surface area contributed by atoms with E-state index in [2.05, 4.69) is 4.90 Å². The van der Waals surface area contributed by atoms with E-state index in [1.807, 2.05) is 0 Å². The van der Waals surface area contributed by atoms with Gasteiger partial charge in [-0.15, -0.1) is 0 Å². The number of halogens is 3. The third-order valence-corrected chi connectivity index (χ3v) is 4.01. The minimum absolute atomic E-state index is 0.0930. The van der Waals surface area contributed by atoms with Gasteiger partial charge in [-0.2, -0.15) is 13.2 Å². The van der Waals surface area contributed by atoms with Crippen LogP contribution in [0.3, 0.4) is 0 Å². The summed E-state index contributed by atoms with van der Waals surface area (Å²) in [4.78, 5) is 14.1. The number of alkyl halides is 3. The summed E-state index contributed by atoms with van der Waals surface area (Å²) >= 11 is 0. The maximum atomic E-state index is 12.6. The number of carboxylic acids is 1. The van der Waals surface area contributed by atoms with Crippen molar-refractivity contribution < 1.29 is 23.1 Å². The van der Waals surface area contributed by atoms with Gasteiger partial charge in [-0.3, -0.25) is 14.6 Å². The van der Waals surface area contributed by atoms with Crippen LogP contribution in [0.4, 0.5) is 13.2 Å². The van der Waals surface area contributed by atoms with E-state index in [0.29, 0.717) is 6.42 Å². The molecule has 2 rings (SSSR count). The average molecular weight is 280 g/mol. The third kappa shape index (κ3) is 3.82. The molecule has 2 saturated heterocycles. The molecule has 0 amide bonds. The number of nitrogens with zero attached hydrogens (tertiary/aromatic N) is 2. The second-order valence-electron chi connectivity index (χ2n) is 5.37. The second kappa shape index (κ2) is 5.66. The fraction of sp³-hybridized carbons (Fsp3) is 0.917. The summed E-state index contributed by atoms with van der Waals surface area (Å²) in [6.07, 6.45) is -0.740. The minimum atomic E-state index is -4.35. The molecule has 0 radical (unpaired) electrons. The quantitative estimate of drug-likeness (QED) is 0.849. The molecule has 1 N–H and O–H groups in total. The Morgan fingerprint density at radius 2 is 2.00 bits per heavy atom. The van der Waals surface area contributed by atoms with Crippen LogP contribution in [-0.4, -0.2) is 65.3 Å². The van der Waals surface area contributed by atoms with Gasteiger partial charge in [0.2, 0.25) is 0 Å². The molecule has 0 spiro atoms. The predicted molar refractivity (Wildman–Crippen MR) is 62.9 cm³/mol. The zero-order valence-corrected chi connectivity index (χ0v) is 10.7. The molecule has 7 heteroatoms. The van der Waals surface area contributed by atoms with E-state index in [1.54, 1.807) is 0 Å². The Morgan fingerprint density at radius 3 is 2.63 bits per heavy atom. The lowest BCUT2D eigenvalue weighted by atomic mass is 9.98. The predicted octanol–water partition coefficient (Wildman–Crippen LogP) is 1.56. The van der Waals surface area contributed by atoms with Gasteiger partial charge in [0, 0.05) is 18.6 Å². The van der Waals surface area contributed by atoms with E-state index in [-0.39, 0.29) is 12.1 Å². The van der Waals surface area contributed by atoms with Gasteiger partial charge in [-0.25, -0.2) is 0 Å². The first-order valence-electron chi connectivity index (χ1n) is 6.63. The van der Waals surface area contributed by atoms with Crippen LogP contribution in [0.5, 0.6) is 0 Å². The summed E-state index contributed by atoms with van der Waals surface area (Å²) in [6.45, 7) is 0.0419. The van der Waals surface area contributed by atoms with Gasteiger partial charge >= 0.3 is 12.1 Å². The number of carbonyl (C=O) groups is 1. The molecule has 2 atom stereocenters. The van der Waals surface area contributed by atoms with E-state index >= 15 is 0 Å². The molecule has 2 unspecified atom stereocenters. The lowest BCUT2D eigenvalue weighted by molar-refractivity contribution is -0.159. The Bertz CT molecular complexity index is 335. The smallest absolute Gasteiger partial charge is 0.401 e. The Hall–Kier alpha value is -0.820. The average Bonchev–Trinajstić information content (AvgIpc) is 2.69. The largest absolute Gasteiger partial charge is 0.480 e. The summed E-state index contributed by atoms with van der Waals surface area (Å²) < 4.78 is 37.8. The summed E-state index contributed by atoms with van der Waals surface area (Å²) in [5.41, 5.74) is 0. The Labute approximate surface area is 110 Å². The van der Waals surface area contributed by atoms with Gasteiger partial charge in [0.1, 0.15) is 0 Å². The van der Waals surface area contributed by atoms with E-state index in [0.717, 1.165) is 37.3 Å². The van der Waals surface area contributed by atoms with Gasteiger partial charge < -0.3 is 5.11 Å². The summed E-state index contributed by atoms with van der Waals surface area (Å²) in [5.74, 6) is -1.20. The van der Waals surface area contributed by atoms with E-state index < -0.39 is 25.2 Å². The standard InChI is InChI=1S/C12H19F3N2O2/c13-12(14,15)8-17(7-11(18)19)10-4-6-16-5-2-1-3-9(10)16/h9-10H,1-8H2,(H,18,19). The van der Waals surface area contributed by atoms with Crippen LogP contribution < -0.4 is 0 Å². The summed E-state index contributed by atoms with van der Waals surface area (Å²) in [5, 5.41) is 8.81. The van der Waals surface area contributed by atoms with E-state index in [1.165, 1.54) is 0 Å². The number of fused-ring (bicyclic) bond motifs is 1. The maximum Gasteiger partial charge on any atom is 0.401 e. The molecule has 2 heterocycles. The zero-order chi connectivity index (χ0) is 14.0. The molecule has 0 aromatic carbocycles. The van der Waals surface area contributed by atoms with Crippen LogP contribution in [0.15, 0.2) is 0 Å². The first-order chi connectivity index (χ1) is 8.87. The third-order valence-electron chi connectivity index (χ3n) is 4.01. The first-order valence-corrected chi connectivity index (χ1v) is 6.63. The Morgan fingerprint density at radius 1 is 1.26 bits per heavy atom. The fourth-order valence-electron chi connectivity index (χ4n) is 3.34. The number of hydrogen-bond donors (Lipinski definition) is 1. The van der Waals surface area contributed by atoms with Crippen molar-refractivity contribution in [3.05, 3.63) is 0 Å². The molecule has 2 aliphatic heterocycles. The summed E-state index contributed by atoms with van der Waals surface area (Å²) in [6, 6.07) is -0.187. The highest BCUT2D eigenvalue weighted by atomic mass is 19.4. The topological polar surface area (TPSA) is 43.8 Å². The van der Waals surface area contributed by atoms with Crippen molar-refractivity contribution in [2.75, 3.05) is 26.2 Å². The SMILES string of the molecule is O=C(O)CN(CC(F)(F)F)C1CCN2CCCCC12. The number of hydrogen-bond acceptors (Lipinski definition) is 3. The van der Waals surface area contributed by atoms with Crippen molar-refractivity contribution >= 4 is 5.97 Å². The zero-order valence-electron chi connectivity index (χ0n) is 10.7. The molecule has 110 valence electrons. The highest BCUT2D eigenvalue weighted by Gasteiger charge is 2.42. The molecule has 2 fully saturated rings. The Kier molecular flexibility index (Phi) is 4.35. The summed E-state index contributed by atoms with van der Waals surface area (Å²) in [7, 11) is 0. The molecule has 19 heavy (non-hydrogen) atoms. The van der Waals surface area contributed by atoms with Crippen LogP contribution in [-0.2, 0) is 4.79 Å². The van der Waals surface area contributed by atoms with Crippen molar-refractivity contribution in [1.29, 1.82) is 0 Å². The van der Waals surface area contributed by atoms with Crippen molar-refractivity contribution in [3.63, 3.8) is 0 Å². The molecule has 4 nitrogen and oxygen atoms in total. The van der Waals surface area contributed by atoms with Crippen molar-refractivity contribution in [1.82, 2.24) is 9.80 Å². The van der Waals surface area contributed by atoms with Crippen LogP contribution in [0, 0.1) is 0 Å². The first kappa shape index (κ1) is 14.6. The van der Waals surface area contributed by atoms with Gasteiger partial charge in [0.25, 0.3) is 0 Å². The number of rotatable bonds is 4. The Balaban J connectivity index is 2.06. The van der Waals surface area contributed by atoms with Gasteiger partial charge in [-0.05, 0) is 25.8 Å². The number of piperidine rings is 1. The van der Waals surface area contributed by atoms with Crippen molar-refractivity contribution in [3.8, 4) is 0 Å². The van der Waals surface area contributed by atoms with Crippen LogP contribution in [0.25, 0.3) is 0 Å². The van der Waals surface area contributed by atoms with Gasteiger partial charge in [0.15, 0.2) is 0 Å². The van der Waals surface area contributed by atoms with Crippen LogP contribution in [0.2, 0.25) is 0 Å². The lowest BCUT2D eigenvalue weighted by Crippen LogP contribution is -2.51. The van der Waals surface area contributed by atoms with Crippen LogP contribution >= 0.6 is 0 Å². The van der Waals surface area contributed by atoms with Gasteiger partial charge in [0.05, 0.1) is 13.1 Å².